The second-order valence-electron chi connectivity index (χ2n) is 5.08. The number of benzene rings is 1. The van der Waals surface area contributed by atoms with Gasteiger partial charge in [0.15, 0.2) is 0 Å². The molecule has 1 atom stereocenters. The summed E-state index contributed by atoms with van der Waals surface area (Å²) in [6, 6.07) is 7.29. The molecule has 0 bridgehead atoms. The van der Waals surface area contributed by atoms with Crippen molar-refractivity contribution in [2.24, 2.45) is 0 Å². The summed E-state index contributed by atoms with van der Waals surface area (Å²) in [6.07, 6.45) is 4.41. The Balaban J connectivity index is 2.20. The lowest BCUT2D eigenvalue weighted by Gasteiger charge is -2.31. The number of aryl methyl sites for hydroxylation is 1. The van der Waals surface area contributed by atoms with Crippen molar-refractivity contribution in [1.29, 1.82) is 0 Å². The van der Waals surface area contributed by atoms with Crippen LogP contribution in [0.1, 0.15) is 37.4 Å². The van der Waals surface area contributed by atoms with Crippen LogP contribution in [0.4, 0.5) is 5.69 Å². The first-order chi connectivity index (χ1) is 9.26. The van der Waals surface area contributed by atoms with E-state index >= 15 is 0 Å². The molecule has 1 aliphatic heterocycles. The van der Waals surface area contributed by atoms with E-state index in [2.05, 4.69) is 42.3 Å². The molecule has 1 unspecified atom stereocenters. The minimum atomic E-state index is 0.424. The molecule has 0 fully saturated rings. The van der Waals surface area contributed by atoms with E-state index in [9.17, 15) is 0 Å². The molecular weight excluding hydrogens is 256 g/mol. The molecule has 1 aliphatic rings. The van der Waals surface area contributed by atoms with Gasteiger partial charge < -0.3 is 10.2 Å². The van der Waals surface area contributed by atoms with Crippen LogP contribution in [-0.4, -0.2) is 19.6 Å². The van der Waals surface area contributed by atoms with Crippen LogP contribution in [0.2, 0.25) is 0 Å². The number of anilines is 1. The predicted octanol–water partition coefficient (Wildman–Crippen LogP) is 3.86. The molecule has 1 heterocycles. The highest BCUT2D eigenvalue weighted by atomic mass is 35.5. The zero-order valence-corrected chi connectivity index (χ0v) is 12.6. The molecule has 0 spiro atoms. The molecule has 0 amide bonds. The van der Waals surface area contributed by atoms with Gasteiger partial charge in [0.1, 0.15) is 0 Å². The fraction of sp³-hybridized carbons (Fsp3) is 0.500. The molecule has 0 saturated carbocycles. The standard InChI is InChI=1S/C16H23ClN2/c1-3-18-13(2)14-7-8-16-15(12-14)6-4-10-19(16)11-5-9-17/h5,7-9,12-13,18H,3-4,6,10-11H2,1-2H3/b9-5+. The summed E-state index contributed by atoms with van der Waals surface area (Å²) in [4.78, 5) is 2.40. The number of rotatable bonds is 5. The van der Waals surface area contributed by atoms with Crippen LogP contribution in [0.25, 0.3) is 0 Å². The van der Waals surface area contributed by atoms with Crippen LogP contribution >= 0.6 is 11.6 Å². The fourth-order valence-corrected chi connectivity index (χ4v) is 2.82. The minimum Gasteiger partial charge on any atom is -0.368 e. The molecule has 3 heteroatoms. The lowest BCUT2D eigenvalue weighted by Crippen LogP contribution is -2.29. The second kappa shape index (κ2) is 6.97. The Morgan fingerprint density at radius 2 is 2.32 bits per heavy atom. The first kappa shape index (κ1) is 14.4. The van der Waals surface area contributed by atoms with E-state index in [1.807, 2.05) is 6.08 Å². The summed E-state index contributed by atoms with van der Waals surface area (Å²) >= 11 is 5.63. The molecule has 1 aromatic rings. The number of fused-ring (bicyclic) bond motifs is 1. The van der Waals surface area contributed by atoms with Crippen molar-refractivity contribution in [2.45, 2.75) is 32.7 Å². The quantitative estimate of drug-likeness (QED) is 0.880. The van der Waals surface area contributed by atoms with Crippen LogP contribution in [-0.2, 0) is 6.42 Å². The highest BCUT2D eigenvalue weighted by molar-refractivity contribution is 6.25. The molecule has 19 heavy (non-hydrogen) atoms. The molecule has 0 saturated heterocycles. The maximum absolute atomic E-state index is 5.63. The summed E-state index contributed by atoms with van der Waals surface area (Å²) in [7, 11) is 0. The maximum Gasteiger partial charge on any atom is 0.0401 e. The first-order valence-corrected chi connectivity index (χ1v) is 7.56. The number of halogens is 1. The van der Waals surface area contributed by atoms with Crippen molar-refractivity contribution in [2.75, 3.05) is 24.5 Å². The number of nitrogens with zero attached hydrogens (tertiary/aromatic N) is 1. The lowest BCUT2D eigenvalue weighted by atomic mass is 9.97. The third-order valence-electron chi connectivity index (χ3n) is 3.74. The third-order valence-corrected chi connectivity index (χ3v) is 3.92. The van der Waals surface area contributed by atoms with Gasteiger partial charge in [0.2, 0.25) is 0 Å². The van der Waals surface area contributed by atoms with Gasteiger partial charge in [-0.1, -0.05) is 36.7 Å². The topological polar surface area (TPSA) is 15.3 Å². The summed E-state index contributed by atoms with van der Waals surface area (Å²) < 4.78 is 0. The van der Waals surface area contributed by atoms with E-state index in [1.165, 1.54) is 29.7 Å². The van der Waals surface area contributed by atoms with Crippen LogP contribution in [0, 0.1) is 0 Å². The Morgan fingerprint density at radius 1 is 1.47 bits per heavy atom. The smallest absolute Gasteiger partial charge is 0.0401 e. The van der Waals surface area contributed by atoms with E-state index in [1.54, 1.807) is 5.54 Å². The molecule has 0 aromatic heterocycles. The van der Waals surface area contributed by atoms with Crippen molar-refractivity contribution in [3.63, 3.8) is 0 Å². The highest BCUT2D eigenvalue weighted by Gasteiger charge is 2.17. The van der Waals surface area contributed by atoms with Gasteiger partial charge in [-0.2, -0.15) is 0 Å². The van der Waals surface area contributed by atoms with Gasteiger partial charge in [-0.05, 0) is 43.5 Å². The van der Waals surface area contributed by atoms with Crippen molar-refractivity contribution in [3.8, 4) is 0 Å². The Bertz CT molecular complexity index is 442. The molecule has 104 valence electrons. The van der Waals surface area contributed by atoms with Gasteiger partial charge in [-0.3, -0.25) is 0 Å². The number of hydrogen-bond acceptors (Lipinski definition) is 2. The molecule has 2 rings (SSSR count). The Morgan fingerprint density at radius 3 is 3.05 bits per heavy atom. The van der Waals surface area contributed by atoms with Gasteiger partial charge in [0.25, 0.3) is 0 Å². The van der Waals surface area contributed by atoms with Gasteiger partial charge in [-0.15, -0.1) is 0 Å². The SMILES string of the molecule is CCNC(C)c1ccc2c(c1)CCCN2C/C=C/Cl. The summed E-state index contributed by atoms with van der Waals surface area (Å²) in [5.41, 5.74) is 5.83. The summed E-state index contributed by atoms with van der Waals surface area (Å²) in [5, 5.41) is 3.47. The molecule has 1 aromatic carbocycles. The van der Waals surface area contributed by atoms with Crippen LogP contribution in [0.15, 0.2) is 29.8 Å². The molecule has 0 aliphatic carbocycles. The van der Waals surface area contributed by atoms with E-state index in [0.29, 0.717) is 6.04 Å². The number of nitrogens with one attached hydrogen (secondary N) is 1. The van der Waals surface area contributed by atoms with Gasteiger partial charge in [0.05, 0.1) is 0 Å². The van der Waals surface area contributed by atoms with Gasteiger partial charge >= 0.3 is 0 Å². The summed E-state index contributed by atoms with van der Waals surface area (Å²) in [5.74, 6) is 0. The average Bonchev–Trinajstić information content (AvgIpc) is 2.44. The zero-order valence-electron chi connectivity index (χ0n) is 11.8. The van der Waals surface area contributed by atoms with Crippen molar-refractivity contribution >= 4 is 17.3 Å². The van der Waals surface area contributed by atoms with Gasteiger partial charge in [-0.25, -0.2) is 0 Å². The third kappa shape index (κ3) is 3.52. The normalized spacial score (nSPS) is 16.7. The van der Waals surface area contributed by atoms with Crippen LogP contribution in [0.3, 0.4) is 0 Å². The molecule has 2 nitrogen and oxygen atoms in total. The second-order valence-corrected chi connectivity index (χ2v) is 5.33. The first-order valence-electron chi connectivity index (χ1n) is 7.12. The van der Waals surface area contributed by atoms with Crippen molar-refractivity contribution < 1.29 is 0 Å². The minimum absolute atomic E-state index is 0.424. The summed E-state index contributed by atoms with van der Waals surface area (Å²) in [6.45, 7) is 7.40. The Hall–Kier alpha value is -0.990. The Labute approximate surface area is 121 Å². The largest absolute Gasteiger partial charge is 0.368 e. The molecule has 0 radical (unpaired) electrons. The predicted molar refractivity (Wildman–Crippen MR) is 84.1 cm³/mol. The maximum atomic E-state index is 5.63. The highest BCUT2D eigenvalue weighted by Crippen LogP contribution is 2.29. The average molecular weight is 279 g/mol. The Kier molecular flexibility index (Phi) is 5.29. The van der Waals surface area contributed by atoms with E-state index in [-0.39, 0.29) is 0 Å². The fourth-order valence-electron chi connectivity index (χ4n) is 2.75. The lowest BCUT2D eigenvalue weighted by molar-refractivity contribution is 0.596. The van der Waals surface area contributed by atoms with Crippen LogP contribution in [0.5, 0.6) is 0 Å². The molecule has 1 N–H and O–H groups in total. The van der Waals surface area contributed by atoms with E-state index < -0.39 is 0 Å². The number of hydrogen-bond donors (Lipinski definition) is 1. The monoisotopic (exact) mass is 278 g/mol. The zero-order chi connectivity index (χ0) is 13.7. The van der Waals surface area contributed by atoms with Gasteiger partial charge in [0, 0.05) is 30.4 Å². The van der Waals surface area contributed by atoms with Crippen molar-refractivity contribution in [1.82, 2.24) is 5.32 Å². The van der Waals surface area contributed by atoms with Crippen molar-refractivity contribution in [3.05, 3.63) is 40.9 Å². The van der Waals surface area contributed by atoms with E-state index in [4.69, 9.17) is 11.6 Å². The molecular formula is C16H23ClN2. The van der Waals surface area contributed by atoms with Crippen LogP contribution < -0.4 is 10.2 Å². The van der Waals surface area contributed by atoms with E-state index in [0.717, 1.165) is 19.6 Å².